The average Bonchev–Trinajstić information content (AvgIpc) is 2.65. The van der Waals surface area contributed by atoms with Crippen LogP contribution < -0.4 is 10.6 Å². The molecule has 3 aromatic rings. The number of hydrogen-bond acceptors (Lipinski definition) is 4. The number of carbonyl (C=O) groups excluding carboxylic acids is 2. The Hall–Kier alpha value is -3.47. The third-order valence-corrected chi connectivity index (χ3v) is 4.47. The van der Waals surface area contributed by atoms with E-state index in [2.05, 4.69) is 34.7 Å². The van der Waals surface area contributed by atoms with Crippen LogP contribution in [0.3, 0.4) is 0 Å². The summed E-state index contributed by atoms with van der Waals surface area (Å²) in [5.74, 6) is -0.331. The van der Waals surface area contributed by atoms with E-state index in [-0.39, 0.29) is 11.7 Å². The first-order valence-electron chi connectivity index (χ1n) is 9.06. The molecule has 0 atom stereocenters. The summed E-state index contributed by atoms with van der Waals surface area (Å²) in [5.41, 5.74) is 6.78. The largest absolute Gasteiger partial charge is 0.354 e. The van der Waals surface area contributed by atoms with E-state index in [0.717, 1.165) is 22.5 Å². The summed E-state index contributed by atoms with van der Waals surface area (Å²) >= 11 is 0. The van der Waals surface area contributed by atoms with Crippen LogP contribution in [0.4, 0.5) is 17.1 Å². The van der Waals surface area contributed by atoms with Gasteiger partial charge in [0.1, 0.15) is 0 Å². The summed E-state index contributed by atoms with van der Waals surface area (Å²) in [4.78, 5) is 28.3. The number of ketones is 1. The van der Waals surface area contributed by atoms with Gasteiger partial charge in [-0.15, -0.1) is 0 Å². The zero-order valence-corrected chi connectivity index (χ0v) is 16.5. The van der Waals surface area contributed by atoms with Crippen molar-refractivity contribution in [1.82, 2.24) is 4.98 Å². The first-order chi connectivity index (χ1) is 13.3. The van der Waals surface area contributed by atoms with E-state index < -0.39 is 0 Å². The molecule has 142 valence electrons. The highest BCUT2D eigenvalue weighted by atomic mass is 16.1. The van der Waals surface area contributed by atoms with Gasteiger partial charge in [-0.25, -0.2) is 0 Å². The van der Waals surface area contributed by atoms with Crippen molar-refractivity contribution in [2.24, 2.45) is 0 Å². The Morgan fingerprint density at radius 3 is 2.21 bits per heavy atom. The molecule has 0 aliphatic carbocycles. The maximum atomic E-state index is 12.6. The van der Waals surface area contributed by atoms with Crippen molar-refractivity contribution in [3.63, 3.8) is 0 Å². The lowest BCUT2D eigenvalue weighted by Gasteiger charge is -2.14. The Bertz CT molecular complexity index is 1030. The number of amides is 1. The summed E-state index contributed by atoms with van der Waals surface area (Å²) < 4.78 is 0. The van der Waals surface area contributed by atoms with Crippen molar-refractivity contribution in [2.45, 2.75) is 27.7 Å². The molecule has 0 fully saturated rings. The van der Waals surface area contributed by atoms with Crippen LogP contribution in [0.25, 0.3) is 0 Å². The molecule has 2 N–H and O–H groups in total. The third kappa shape index (κ3) is 4.43. The lowest BCUT2D eigenvalue weighted by molar-refractivity contribution is 0.101. The van der Waals surface area contributed by atoms with Crippen molar-refractivity contribution in [3.05, 3.63) is 82.7 Å². The SMILES string of the molecule is CC(=O)c1cccc(NC(=O)c2cncc(Nc3c(C)cc(C)cc3C)c2)c1. The van der Waals surface area contributed by atoms with Gasteiger partial charge < -0.3 is 10.6 Å². The smallest absolute Gasteiger partial charge is 0.257 e. The van der Waals surface area contributed by atoms with Crippen LogP contribution in [0.5, 0.6) is 0 Å². The predicted octanol–water partition coefficient (Wildman–Crippen LogP) is 5.21. The van der Waals surface area contributed by atoms with E-state index >= 15 is 0 Å². The number of hydrogen-bond donors (Lipinski definition) is 2. The van der Waals surface area contributed by atoms with Crippen LogP contribution in [0.15, 0.2) is 54.9 Å². The molecule has 1 amide bonds. The molecular formula is C23H23N3O2. The fraction of sp³-hybridized carbons (Fsp3) is 0.174. The Labute approximate surface area is 164 Å². The number of pyridine rings is 1. The summed E-state index contributed by atoms with van der Waals surface area (Å²) in [6, 6.07) is 12.9. The van der Waals surface area contributed by atoms with E-state index in [1.807, 2.05) is 13.8 Å². The van der Waals surface area contributed by atoms with Crippen LogP contribution >= 0.6 is 0 Å². The summed E-state index contributed by atoms with van der Waals surface area (Å²) in [7, 11) is 0. The normalized spacial score (nSPS) is 10.4. The van der Waals surface area contributed by atoms with E-state index in [0.29, 0.717) is 16.8 Å². The molecule has 0 bridgehead atoms. The van der Waals surface area contributed by atoms with Crippen molar-refractivity contribution in [1.29, 1.82) is 0 Å². The van der Waals surface area contributed by atoms with E-state index in [4.69, 9.17) is 0 Å². The van der Waals surface area contributed by atoms with Crippen molar-refractivity contribution >= 4 is 28.8 Å². The molecule has 5 heteroatoms. The fourth-order valence-corrected chi connectivity index (χ4v) is 3.17. The highest BCUT2D eigenvalue weighted by Gasteiger charge is 2.10. The Balaban J connectivity index is 1.80. The highest BCUT2D eigenvalue weighted by Crippen LogP contribution is 2.26. The molecule has 5 nitrogen and oxygen atoms in total. The monoisotopic (exact) mass is 373 g/mol. The number of carbonyl (C=O) groups is 2. The molecule has 1 heterocycles. The first kappa shape index (κ1) is 19.3. The minimum Gasteiger partial charge on any atom is -0.354 e. The van der Waals surface area contributed by atoms with E-state index in [1.54, 1.807) is 36.5 Å². The minimum atomic E-state index is -0.283. The molecular weight excluding hydrogens is 350 g/mol. The molecule has 0 radical (unpaired) electrons. The molecule has 0 spiro atoms. The number of Topliss-reactive ketones (excluding diaryl/α,β-unsaturated/α-hetero) is 1. The maximum absolute atomic E-state index is 12.6. The quantitative estimate of drug-likeness (QED) is 0.603. The highest BCUT2D eigenvalue weighted by molar-refractivity contribution is 6.05. The second-order valence-electron chi connectivity index (χ2n) is 6.95. The summed E-state index contributed by atoms with van der Waals surface area (Å²) in [6.45, 7) is 7.66. The van der Waals surface area contributed by atoms with Gasteiger partial charge in [0, 0.05) is 23.1 Å². The number of aryl methyl sites for hydroxylation is 3. The van der Waals surface area contributed by atoms with E-state index in [9.17, 15) is 9.59 Å². The number of nitrogens with one attached hydrogen (secondary N) is 2. The Morgan fingerprint density at radius 2 is 1.54 bits per heavy atom. The first-order valence-corrected chi connectivity index (χ1v) is 9.06. The lowest BCUT2D eigenvalue weighted by Crippen LogP contribution is -2.13. The van der Waals surface area contributed by atoms with Crippen LogP contribution in [0.1, 0.15) is 44.3 Å². The van der Waals surface area contributed by atoms with Gasteiger partial charge in [-0.2, -0.15) is 0 Å². The zero-order valence-electron chi connectivity index (χ0n) is 16.5. The number of aromatic nitrogens is 1. The number of benzene rings is 2. The molecule has 0 aliphatic rings. The third-order valence-electron chi connectivity index (χ3n) is 4.47. The molecule has 1 aromatic heterocycles. The van der Waals surface area contributed by atoms with Crippen molar-refractivity contribution in [3.8, 4) is 0 Å². The van der Waals surface area contributed by atoms with Crippen LogP contribution in [-0.2, 0) is 0 Å². The standard InChI is InChI=1S/C23H23N3O2/c1-14-8-15(2)22(16(3)9-14)25-21-11-19(12-24-13-21)23(28)26-20-7-5-6-18(10-20)17(4)27/h5-13,25H,1-4H3,(H,26,28). The Morgan fingerprint density at radius 1 is 0.857 bits per heavy atom. The van der Waals surface area contributed by atoms with Gasteiger partial charge in [0.05, 0.1) is 17.4 Å². The van der Waals surface area contributed by atoms with Crippen LogP contribution in [0.2, 0.25) is 0 Å². The van der Waals surface area contributed by atoms with Gasteiger partial charge in [0.2, 0.25) is 0 Å². The van der Waals surface area contributed by atoms with Crippen molar-refractivity contribution in [2.75, 3.05) is 10.6 Å². The summed E-state index contributed by atoms with van der Waals surface area (Å²) in [5, 5.41) is 6.18. The fourth-order valence-electron chi connectivity index (χ4n) is 3.17. The van der Waals surface area contributed by atoms with Gasteiger partial charge in [0.25, 0.3) is 5.91 Å². The maximum Gasteiger partial charge on any atom is 0.257 e. The van der Waals surface area contributed by atoms with Gasteiger partial charge in [-0.3, -0.25) is 14.6 Å². The molecule has 0 aliphatic heterocycles. The molecule has 2 aromatic carbocycles. The zero-order chi connectivity index (χ0) is 20.3. The summed E-state index contributed by atoms with van der Waals surface area (Å²) in [6.07, 6.45) is 3.20. The van der Waals surface area contributed by atoms with E-state index in [1.165, 1.54) is 18.7 Å². The van der Waals surface area contributed by atoms with Gasteiger partial charge >= 0.3 is 0 Å². The number of nitrogens with zero attached hydrogens (tertiary/aromatic N) is 1. The molecule has 0 saturated heterocycles. The second kappa shape index (κ2) is 8.05. The van der Waals surface area contributed by atoms with Gasteiger partial charge in [-0.1, -0.05) is 29.8 Å². The molecule has 0 saturated carbocycles. The predicted molar refractivity (Wildman–Crippen MR) is 113 cm³/mol. The molecule has 28 heavy (non-hydrogen) atoms. The number of anilines is 3. The van der Waals surface area contributed by atoms with Crippen LogP contribution in [-0.4, -0.2) is 16.7 Å². The second-order valence-corrected chi connectivity index (χ2v) is 6.95. The Kier molecular flexibility index (Phi) is 5.54. The number of rotatable bonds is 5. The van der Waals surface area contributed by atoms with Crippen molar-refractivity contribution < 1.29 is 9.59 Å². The minimum absolute atomic E-state index is 0.0483. The van der Waals surface area contributed by atoms with Crippen LogP contribution in [0, 0.1) is 20.8 Å². The topological polar surface area (TPSA) is 71.1 Å². The lowest BCUT2D eigenvalue weighted by atomic mass is 10.0. The average molecular weight is 373 g/mol. The van der Waals surface area contributed by atoms with Gasteiger partial charge in [0.15, 0.2) is 5.78 Å². The molecule has 0 unspecified atom stereocenters. The molecule has 3 rings (SSSR count). The van der Waals surface area contributed by atoms with Gasteiger partial charge in [-0.05, 0) is 57.0 Å².